The first-order valence-electron chi connectivity index (χ1n) is 5.44. The molecule has 1 aromatic rings. The van der Waals surface area contributed by atoms with E-state index in [0.29, 0.717) is 6.42 Å². The van der Waals surface area contributed by atoms with Gasteiger partial charge >= 0.3 is 0 Å². The maximum Gasteiger partial charge on any atom is 0.224 e. The molecular formula is C13H18NO. The van der Waals surface area contributed by atoms with Crippen molar-refractivity contribution >= 4 is 11.6 Å². The van der Waals surface area contributed by atoms with E-state index >= 15 is 0 Å². The number of carbonyl (C=O) groups is 1. The van der Waals surface area contributed by atoms with Crippen LogP contribution in [-0.2, 0) is 11.2 Å². The van der Waals surface area contributed by atoms with Crippen molar-refractivity contribution in [3.05, 3.63) is 36.8 Å². The summed E-state index contributed by atoms with van der Waals surface area (Å²) in [5, 5.41) is 2.88. The smallest absolute Gasteiger partial charge is 0.224 e. The molecule has 15 heavy (non-hydrogen) atoms. The van der Waals surface area contributed by atoms with Gasteiger partial charge in [0.15, 0.2) is 0 Å². The number of hydrogen-bond donors (Lipinski definition) is 1. The average Bonchev–Trinajstić information content (AvgIpc) is 2.19. The number of benzene rings is 1. The second-order valence-electron chi connectivity index (χ2n) is 3.60. The highest BCUT2D eigenvalue weighted by Crippen LogP contribution is 2.12. The van der Waals surface area contributed by atoms with Crippen LogP contribution in [0.2, 0.25) is 0 Å². The number of carbonyl (C=O) groups excluding carboxylic acids is 1. The highest BCUT2D eigenvalue weighted by atomic mass is 16.1. The van der Waals surface area contributed by atoms with Crippen LogP contribution in [0.15, 0.2) is 24.3 Å². The Bertz CT molecular complexity index is 320. The van der Waals surface area contributed by atoms with E-state index in [1.807, 2.05) is 25.1 Å². The second-order valence-corrected chi connectivity index (χ2v) is 3.60. The molecule has 2 nitrogen and oxygen atoms in total. The number of hydrogen-bond acceptors (Lipinski definition) is 1. The van der Waals surface area contributed by atoms with Crippen LogP contribution < -0.4 is 5.32 Å². The van der Waals surface area contributed by atoms with Crippen LogP contribution >= 0.6 is 0 Å². The first-order chi connectivity index (χ1) is 7.26. The topological polar surface area (TPSA) is 29.1 Å². The van der Waals surface area contributed by atoms with Crippen LogP contribution in [0.1, 0.15) is 31.7 Å². The standard InChI is InChI=1S/C13H18NO/c1-3-6-11-8-5-9-12(10-11)14-13(15)7-4-2/h5,8-10H,1,3-4,6-7H2,2H3,(H,14,15). The van der Waals surface area contributed by atoms with Gasteiger partial charge in [-0.05, 0) is 37.0 Å². The van der Waals surface area contributed by atoms with Crippen molar-refractivity contribution in [3.8, 4) is 0 Å². The molecule has 0 aliphatic heterocycles. The quantitative estimate of drug-likeness (QED) is 0.784. The molecule has 0 spiro atoms. The third-order valence-corrected chi connectivity index (χ3v) is 2.15. The minimum absolute atomic E-state index is 0.0873. The second kappa shape index (κ2) is 6.23. The molecule has 1 amide bonds. The summed E-state index contributed by atoms with van der Waals surface area (Å²) in [5.41, 5.74) is 2.11. The summed E-state index contributed by atoms with van der Waals surface area (Å²) in [6, 6.07) is 7.95. The zero-order valence-electron chi connectivity index (χ0n) is 9.25. The lowest BCUT2D eigenvalue weighted by atomic mass is 10.1. The zero-order chi connectivity index (χ0) is 11.1. The lowest BCUT2D eigenvalue weighted by molar-refractivity contribution is -0.116. The van der Waals surface area contributed by atoms with Crippen molar-refractivity contribution in [2.75, 3.05) is 5.32 Å². The van der Waals surface area contributed by atoms with E-state index in [1.165, 1.54) is 5.56 Å². The summed E-state index contributed by atoms with van der Waals surface area (Å²) in [5.74, 6) is 0.0873. The monoisotopic (exact) mass is 204 g/mol. The van der Waals surface area contributed by atoms with E-state index in [4.69, 9.17) is 0 Å². The Morgan fingerprint density at radius 2 is 2.27 bits per heavy atom. The van der Waals surface area contributed by atoms with Crippen molar-refractivity contribution in [1.82, 2.24) is 0 Å². The van der Waals surface area contributed by atoms with Crippen LogP contribution in [0.4, 0.5) is 5.69 Å². The van der Waals surface area contributed by atoms with Gasteiger partial charge < -0.3 is 5.32 Å². The van der Waals surface area contributed by atoms with E-state index in [1.54, 1.807) is 0 Å². The highest BCUT2D eigenvalue weighted by Gasteiger charge is 2.00. The zero-order valence-corrected chi connectivity index (χ0v) is 9.25. The number of anilines is 1. The molecule has 0 aromatic heterocycles. The summed E-state index contributed by atoms with van der Waals surface area (Å²) in [7, 11) is 0. The molecule has 0 aliphatic carbocycles. The van der Waals surface area contributed by atoms with Gasteiger partial charge in [0.2, 0.25) is 5.91 Å². The fraction of sp³-hybridized carbons (Fsp3) is 0.385. The fourth-order valence-corrected chi connectivity index (χ4v) is 1.46. The molecule has 0 unspecified atom stereocenters. The van der Waals surface area contributed by atoms with E-state index in [2.05, 4.69) is 18.3 Å². The number of aryl methyl sites for hydroxylation is 1. The number of amides is 1. The molecule has 0 fully saturated rings. The third kappa shape index (κ3) is 4.15. The summed E-state index contributed by atoms with van der Waals surface area (Å²) >= 11 is 0. The van der Waals surface area contributed by atoms with E-state index in [0.717, 1.165) is 24.9 Å². The lowest BCUT2D eigenvalue weighted by Gasteiger charge is -2.06. The molecule has 1 aromatic carbocycles. The predicted octanol–water partition coefficient (Wildman–Crippen LogP) is 3.19. The molecule has 0 saturated carbocycles. The average molecular weight is 204 g/mol. The van der Waals surface area contributed by atoms with Gasteiger partial charge in [0.1, 0.15) is 0 Å². The van der Waals surface area contributed by atoms with Gasteiger partial charge in [-0.25, -0.2) is 0 Å². The Hall–Kier alpha value is -1.31. The van der Waals surface area contributed by atoms with E-state index in [-0.39, 0.29) is 5.91 Å². The Kier molecular flexibility index (Phi) is 4.88. The van der Waals surface area contributed by atoms with Crippen LogP contribution in [0.25, 0.3) is 0 Å². The maximum absolute atomic E-state index is 11.4. The Morgan fingerprint density at radius 3 is 2.93 bits per heavy atom. The van der Waals surface area contributed by atoms with Gasteiger partial charge in [0.05, 0.1) is 0 Å². The predicted molar refractivity (Wildman–Crippen MR) is 63.7 cm³/mol. The van der Waals surface area contributed by atoms with Crippen molar-refractivity contribution < 1.29 is 4.79 Å². The summed E-state index contributed by atoms with van der Waals surface area (Å²) in [6.45, 7) is 5.81. The van der Waals surface area contributed by atoms with E-state index < -0.39 is 0 Å². The van der Waals surface area contributed by atoms with Gasteiger partial charge in [0.25, 0.3) is 0 Å². The fourth-order valence-electron chi connectivity index (χ4n) is 1.46. The molecule has 81 valence electrons. The van der Waals surface area contributed by atoms with Crippen molar-refractivity contribution in [2.45, 2.75) is 32.6 Å². The van der Waals surface area contributed by atoms with Crippen LogP contribution in [-0.4, -0.2) is 5.91 Å². The third-order valence-electron chi connectivity index (χ3n) is 2.15. The van der Waals surface area contributed by atoms with Gasteiger partial charge in [-0.1, -0.05) is 26.0 Å². The maximum atomic E-state index is 11.4. The van der Waals surface area contributed by atoms with Gasteiger partial charge in [-0.15, -0.1) is 0 Å². The minimum Gasteiger partial charge on any atom is -0.326 e. The van der Waals surface area contributed by atoms with Gasteiger partial charge in [-0.2, -0.15) is 0 Å². The first-order valence-corrected chi connectivity index (χ1v) is 5.44. The van der Waals surface area contributed by atoms with Crippen LogP contribution in [0.3, 0.4) is 0 Å². The normalized spacial score (nSPS) is 10.0. The van der Waals surface area contributed by atoms with Crippen molar-refractivity contribution in [1.29, 1.82) is 0 Å². The molecule has 0 saturated heterocycles. The molecule has 1 N–H and O–H groups in total. The molecular weight excluding hydrogens is 186 g/mol. The number of nitrogens with one attached hydrogen (secondary N) is 1. The molecule has 0 aliphatic rings. The molecule has 1 radical (unpaired) electrons. The van der Waals surface area contributed by atoms with Crippen LogP contribution in [0, 0.1) is 6.92 Å². The van der Waals surface area contributed by atoms with E-state index in [9.17, 15) is 4.79 Å². The van der Waals surface area contributed by atoms with Crippen LogP contribution in [0.5, 0.6) is 0 Å². The highest BCUT2D eigenvalue weighted by molar-refractivity contribution is 5.90. The largest absolute Gasteiger partial charge is 0.326 e. The molecule has 0 atom stereocenters. The summed E-state index contributed by atoms with van der Waals surface area (Å²) in [6.07, 6.45) is 3.30. The van der Waals surface area contributed by atoms with Crippen molar-refractivity contribution in [3.63, 3.8) is 0 Å². The summed E-state index contributed by atoms with van der Waals surface area (Å²) in [4.78, 5) is 11.4. The van der Waals surface area contributed by atoms with Gasteiger partial charge in [-0.3, -0.25) is 4.79 Å². The van der Waals surface area contributed by atoms with Gasteiger partial charge in [0, 0.05) is 12.1 Å². The molecule has 0 heterocycles. The molecule has 0 bridgehead atoms. The number of rotatable bonds is 5. The summed E-state index contributed by atoms with van der Waals surface area (Å²) < 4.78 is 0. The lowest BCUT2D eigenvalue weighted by Crippen LogP contribution is -2.10. The Morgan fingerprint density at radius 1 is 1.47 bits per heavy atom. The molecule has 2 heteroatoms. The first kappa shape index (κ1) is 11.8. The van der Waals surface area contributed by atoms with Crippen molar-refractivity contribution in [2.24, 2.45) is 0 Å². The molecule has 1 rings (SSSR count). The Labute approximate surface area is 91.7 Å². The Balaban J connectivity index is 2.60. The minimum atomic E-state index is 0.0873. The SMILES string of the molecule is [CH2]CCc1cccc(NC(=O)CCC)c1.